The molecular formula is C39H53N5O2. The van der Waals surface area contributed by atoms with E-state index in [-0.39, 0.29) is 5.56 Å². The molecule has 0 radical (unpaired) electrons. The maximum Gasteiger partial charge on any atom is 0.277 e. The van der Waals surface area contributed by atoms with E-state index in [1.165, 1.54) is 36.0 Å². The number of likely N-dealkylation sites (N-methyl/N-ethyl adjacent to an activating group) is 1. The number of anilines is 1. The highest BCUT2D eigenvalue weighted by atomic mass is 16.5. The Kier molecular flexibility index (Phi) is 18.8. The zero-order valence-electron chi connectivity index (χ0n) is 28.5. The minimum Gasteiger partial charge on any atom is -0.494 e. The summed E-state index contributed by atoms with van der Waals surface area (Å²) < 4.78 is 7.29. The molecule has 4 aromatic rings. The minimum absolute atomic E-state index is 0.104. The molecule has 0 unspecified atom stereocenters. The van der Waals surface area contributed by atoms with Gasteiger partial charge in [0.05, 0.1) is 12.8 Å². The summed E-state index contributed by atoms with van der Waals surface area (Å²) in [5.74, 6) is 1.48. The summed E-state index contributed by atoms with van der Waals surface area (Å²) in [6, 6.07) is 21.5. The topological polar surface area (TPSA) is 81.1 Å². The number of allylic oxidation sites excluding steroid dienone is 1. The maximum atomic E-state index is 12.8. The van der Waals surface area contributed by atoms with Crippen molar-refractivity contribution in [3.05, 3.63) is 125 Å². The van der Waals surface area contributed by atoms with E-state index in [1.807, 2.05) is 80.1 Å². The van der Waals surface area contributed by atoms with Crippen molar-refractivity contribution < 1.29 is 4.74 Å². The van der Waals surface area contributed by atoms with Gasteiger partial charge in [-0.25, -0.2) is 4.98 Å². The number of nitrogens with zero attached hydrogens (tertiary/aromatic N) is 3. The van der Waals surface area contributed by atoms with Crippen molar-refractivity contribution >= 4 is 11.8 Å². The number of nitrogens with one attached hydrogen (secondary N) is 2. The Bertz CT molecular complexity index is 1480. The number of pyridine rings is 1. The predicted molar refractivity (Wildman–Crippen MR) is 196 cm³/mol. The number of rotatable bonds is 15. The number of para-hydroxylation sites is 1. The third-order valence-electron chi connectivity index (χ3n) is 6.86. The normalized spacial score (nSPS) is 10.6. The molecule has 0 aliphatic heterocycles. The fourth-order valence-corrected chi connectivity index (χ4v) is 4.39. The Morgan fingerprint density at radius 2 is 1.65 bits per heavy atom. The summed E-state index contributed by atoms with van der Waals surface area (Å²) in [5, 5.41) is 6.32. The van der Waals surface area contributed by atoms with E-state index < -0.39 is 0 Å². The largest absolute Gasteiger partial charge is 0.494 e. The molecule has 0 bridgehead atoms. The van der Waals surface area contributed by atoms with Crippen LogP contribution in [-0.4, -0.2) is 41.3 Å². The van der Waals surface area contributed by atoms with E-state index >= 15 is 0 Å². The third kappa shape index (κ3) is 13.7. The zero-order chi connectivity index (χ0) is 33.4. The summed E-state index contributed by atoms with van der Waals surface area (Å²) in [6.45, 7) is 15.0. The molecule has 2 aromatic heterocycles. The molecular weight excluding hydrogens is 570 g/mol. The number of hydrogen-bond acceptors (Lipinski definition) is 6. The van der Waals surface area contributed by atoms with Crippen molar-refractivity contribution in [3.8, 4) is 17.1 Å². The standard InChI is InChI=1S/C22H23N3O2.C13H20N2.C4H10/c1-2-15-25-21(18-10-5-3-6-11-18)24-17-20(22(25)26)23-14-9-16-27-19-12-7-4-8-13-19;1-4-5-12-6-7-15-10-13(12)8-11(2)9-14-3;1-3-4-2/h2-8,10-13,17,23H,1,9,14-16H2;6-8,10,14H,4-5,9H2,1-3H3;3-4H2,1-2H3/b;11-8+;. The highest BCUT2D eigenvalue weighted by Gasteiger charge is 2.11. The van der Waals surface area contributed by atoms with E-state index in [1.54, 1.807) is 16.8 Å². The molecule has 0 amide bonds. The van der Waals surface area contributed by atoms with E-state index in [0.717, 1.165) is 30.7 Å². The van der Waals surface area contributed by atoms with Gasteiger partial charge in [0.15, 0.2) is 0 Å². The van der Waals surface area contributed by atoms with Crippen molar-refractivity contribution in [2.24, 2.45) is 0 Å². The Hall–Kier alpha value is -4.49. The highest BCUT2D eigenvalue weighted by Crippen LogP contribution is 2.16. The number of hydrogen-bond donors (Lipinski definition) is 2. The molecule has 2 heterocycles. The van der Waals surface area contributed by atoms with Gasteiger partial charge in [0.2, 0.25) is 0 Å². The van der Waals surface area contributed by atoms with E-state index in [9.17, 15) is 4.79 Å². The van der Waals surface area contributed by atoms with Crippen LogP contribution in [0.4, 0.5) is 5.69 Å². The Morgan fingerprint density at radius 3 is 2.28 bits per heavy atom. The van der Waals surface area contributed by atoms with Gasteiger partial charge in [-0.15, -0.1) is 6.58 Å². The van der Waals surface area contributed by atoms with Crippen LogP contribution in [0.3, 0.4) is 0 Å². The van der Waals surface area contributed by atoms with Crippen LogP contribution in [-0.2, 0) is 13.0 Å². The van der Waals surface area contributed by atoms with Crippen LogP contribution < -0.4 is 20.9 Å². The lowest BCUT2D eigenvalue weighted by Gasteiger charge is -2.13. The molecule has 46 heavy (non-hydrogen) atoms. The first-order valence-electron chi connectivity index (χ1n) is 16.4. The Balaban J connectivity index is 0.000000326. The Labute approximate surface area is 276 Å². The van der Waals surface area contributed by atoms with Crippen molar-refractivity contribution in [3.63, 3.8) is 0 Å². The van der Waals surface area contributed by atoms with Gasteiger partial charge in [0.25, 0.3) is 5.56 Å². The summed E-state index contributed by atoms with van der Waals surface area (Å²) in [4.78, 5) is 21.5. The molecule has 2 aromatic carbocycles. The van der Waals surface area contributed by atoms with Gasteiger partial charge in [-0.3, -0.25) is 14.3 Å². The van der Waals surface area contributed by atoms with Crippen LogP contribution in [0.5, 0.6) is 5.75 Å². The van der Waals surface area contributed by atoms with Crippen molar-refractivity contribution in [2.75, 3.05) is 32.1 Å². The van der Waals surface area contributed by atoms with Crippen LogP contribution in [0.15, 0.2) is 108 Å². The second-order valence-electron chi connectivity index (χ2n) is 10.9. The van der Waals surface area contributed by atoms with Gasteiger partial charge in [-0.05, 0) is 56.1 Å². The zero-order valence-corrected chi connectivity index (χ0v) is 28.5. The van der Waals surface area contributed by atoms with Gasteiger partial charge in [-0.2, -0.15) is 0 Å². The molecule has 246 valence electrons. The average molecular weight is 624 g/mol. The number of ether oxygens (including phenoxy) is 1. The second kappa shape index (κ2) is 22.9. The average Bonchev–Trinajstić information content (AvgIpc) is 3.08. The van der Waals surface area contributed by atoms with E-state index in [0.29, 0.717) is 31.2 Å². The molecule has 7 heteroatoms. The molecule has 2 N–H and O–H groups in total. The van der Waals surface area contributed by atoms with Crippen LogP contribution in [0.1, 0.15) is 64.5 Å². The van der Waals surface area contributed by atoms with Crippen LogP contribution >= 0.6 is 0 Å². The van der Waals surface area contributed by atoms with Crippen molar-refractivity contribution in [1.82, 2.24) is 19.9 Å². The molecule has 0 saturated carbocycles. The second-order valence-corrected chi connectivity index (χ2v) is 10.9. The van der Waals surface area contributed by atoms with Crippen LogP contribution in [0, 0.1) is 0 Å². The fraction of sp³-hybridized carbons (Fsp3) is 0.359. The summed E-state index contributed by atoms with van der Waals surface area (Å²) in [6.07, 6.45) is 15.1. The van der Waals surface area contributed by atoms with Gasteiger partial charge in [0, 0.05) is 37.6 Å². The lowest BCUT2D eigenvalue weighted by molar-refractivity contribution is 0.315. The van der Waals surface area contributed by atoms with E-state index in [2.05, 4.69) is 67.0 Å². The maximum absolute atomic E-state index is 12.8. The monoisotopic (exact) mass is 623 g/mol. The molecule has 0 saturated heterocycles. The van der Waals surface area contributed by atoms with Crippen molar-refractivity contribution in [2.45, 2.75) is 66.3 Å². The predicted octanol–water partition coefficient (Wildman–Crippen LogP) is 8.44. The fourth-order valence-electron chi connectivity index (χ4n) is 4.39. The molecule has 0 atom stereocenters. The number of aromatic nitrogens is 3. The van der Waals surface area contributed by atoms with Gasteiger partial charge >= 0.3 is 0 Å². The molecule has 0 aliphatic carbocycles. The molecule has 0 fully saturated rings. The molecule has 7 nitrogen and oxygen atoms in total. The lowest BCUT2D eigenvalue weighted by Crippen LogP contribution is -2.26. The lowest BCUT2D eigenvalue weighted by atomic mass is 10.0. The van der Waals surface area contributed by atoms with Gasteiger partial charge in [-0.1, -0.05) is 106 Å². The van der Waals surface area contributed by atoms with Gasteiger partial charge in [0.1, 0.15) is 17.3 Å². The van der Waals surface area contributed by atoms with Crippen LogP contribution in [0.2, 0.25) is 0 Å². The Morgan fingerprint density at radius 1 is 0.957 bits per heavy atom. The van der Waals surface area contributed by atoms with Crippen LogP contribution in [0.25, 0.3) is 17.5 Å². The quantitative estimate of drug-likeness (QED) is 0.102. The first-order chi connectivity index (χ1) is 22.5. The number of benzene rings is 2. The molecule has 0 spiro atoms. The SMILES string of the molecule is C=CCn1c(-c2ccccc2)ncc(NCCCOc2ccccc2)c1=O.CCCC.CCCc1ccncc1/C=C(\C)CNC. The molecule has 0 aliphatic rings. The summed E-state index contributed by atoms with van der Waals surface area (Å²) in [7, 11) is 1.97. The molecule has 4 rings (SSSR count). The number of aryl methyl sites for hydroxylation is 1. The van der Waals surface area contributed by atoms with Crippen molar-refractivity contribution in [1.29, 1.82) is 0 Å². The summed E-state index contributed by atoms with van der Waals surface area (Å²) in [5.41, 5.74) is 5.26. The van der Waals surface area contributed by atoms with Gasteiger partial charge < -0.3 is 15.4 Å². The first kappa shape index (κ1) is 37.7. The minimum atomic E-state index is -0.104. The summed E-state index contributed by atoms with van der Waals surface area (Å²) >= 11 is 0. The third-order valence-corrected chi connectivity index (χ3v) is 6.86. The van der Waals surface area contributed by atoms with E-state index in [4.69, 9.17) is 4.74 Å². The number of unbranched alkanes of at least 4 members (excludes halogenated alkanes) is 1. The smallest absolute Gasteiger partial charge is 0.277 e. The highest BCUT2D eigenvalue weighted by molar-refractivity contribution is 5.57. The first-order valence-corrected chi connectivity index (χ1v) is 16.4.